The standard InChI is InChI=1S/C16H17ClN2S/c1-11-6-3-4-9-15(11)19-16(20)18-12(2)13-7-5-8-14(17)10-13/h3-10,12H,1-2H3,(H2,18,19,20)/t12-/m0/s1. The summed E-state index contributed by atoms with van der Waals surface area (Å²) in [6.07, 6.45) is 0. The number of hydrogen-bond acceptors (Lipinski definition) is 1. The Morgan fingerprint density at radius 1 is 1.15 bits per heavy atom. The molecule has 2 nitrogen and oxygen atoms in total. The maximum Gasteiger partial charge on any atom is 0.171 e. The number of para-hydroxylation sites is 1. The zero-order valence-corrected chi connectivity index (χ0v) is 13.1. The highest BCUT2D eigenvalue weighted by Crippen LogP contribution is 2.18. The van der Waals surface area contributed by atoms with Crippen LogP contribution in [0.5, 0.6) is 0 Å². The van der Waals surface area contributed by atoms with Crippen LogP contribution in [0.25, 0.3) is 0 Å². The Balaban J connectivity index is 2.00. The van der Waals surface area contributed by atoms with Crippen molar-refractivity contribution in [2.45, 2.75) is 19.9 Å². The minimum Gasteiger partial charge on any atom is -0.356 e. The van der Waals surface area contributed by atoms with E-state index in [0.29, 0.717) is 5.11 Å². The summed E-state index contributed by atoms with van der Waals surface area (Å²) in [4.78, 5) is 0. The molecule has 2 aromatic carbocycles. The van der Waals surface area contributed by atoms with E-state index in [9.17, 15) is 0 Å². The predicted octanol–water partition coefficient (Wildman–Crippen LogP) is 4.70. The molecule has 0 saturated heterocycles. The summed E-state index contributed by atoms with van der Waals surface area (Å²) in [5, 5.41) is 7.81. The first-order chi connectivity index (χ1) is 9.56. The highest BCUT2D eigenvalue weighted by molar-refractivity contribution is 7.80. The van der Waals surface area contributed by atoms with Crippen molar-refractivity contribution in [1.29, 1.82) is 0 Å². The summed E-state index contributed by atoms with van der Waals surface area (Å²) >= 11 is 11.3. The number of halogens is 1. The molecular weight excluding hydrogens is 288 g/mol. The van der Waals surface area contributed by atoms with Gasteiger partial charge >= 0.3 is 0 Å². The van der Waals surface area contributed by atoms with Crippen molar-refractivity contribution in [1.82, 2.24) is 5.32 Å². The van der Waals surface area contributed by atoms with Gasteiger partial charge < -0.3 is 10.6 Å². The van der Waals surface area contributed by atoms with Crippen LogP contribution in [0.1, 0.15) is 24.1 Å². The SMILES string of the molecule is Cc1ccccc1NC(=S)N[C@@H](C)c1cccc(Cl)c1. The monoisotopic (exact) mass is 304 g/mol. The molecule has 0 aliphatic heterocycles. The molecule has 1 atom stereocenters. The van der Waals surface area contributed by atoms with Crippen molar-refractivity contribution in [2.75, 3.05) is 5.32 Å². The van der Waals surface area contributed by atoms with Crippen LogP contribution in [0.3, 0.4) is 0 Å². The van der Waals surface area contributed by atoms with E-state index in [0.717, 1.165) is 21.8 Å². The zero-order chi connectivity index (χ0) is 14.5. The minimum absolute atomic E-state index is 0.0951. The summed E-state index contributed by atoms with van der Waals surface area (Å²) in [5.41, 5.74) is 3.28. The lowest BCUT2D eigenvalue weighted by Crippen LogP contribution is -2.31. The van der Waals surface area contributed by atoms with E-state index in [2.05, 4.69) is 17.6 Å². The third-order valence-electron chi connectivity index (χ3n) is 3.09. The molecule has 0 bridgehead atoms. The van der Waals surface area contributed by atoms with Crippen LogP contribution < -0.4 is 10.6 Å². The molecule has 104 valence electrons. The maximum absolute atomic E-state index is 6.00. The topological polar surface area (TPSA) is 24.1 Å². The number of thiocarbonyl (C=S) groups is 1. The van der Waals surface area contributed by atoms with Crippen LogP contribution in [-0.2, 0) is 0 Å². The molecule has 0 aliphatic rings. The Hall–Kier alpha value is -1.58. The highest BCUT2D eigenvalue weighted by atomic mass is 35.5. The van der Waals surface area contributed by atoms with Crippen molar-refractivity contribution < 1.29 is 0 Å². The highest BCUT2D eigenvalue weighted by Gasteiger charge is 2.08. The van der Waals surface area contributed by atoms with Gasteiger partial charge in [0.05, 0.1) is 6.04 Å². The normalized spacial score (nSPS) is 11.8. The third kappa shape index (κ3) is 3.95. The molecule has 0 unspecified atom stereocenters. The van der Waals surface area contributed by atoms with Crippen molar-refractivity contribution in [3.63, 3.8) is 0 Å². The van der Waals surface area contributed by atoms with E-state index in [1.165, 1.54) is 0 Å². The van der Waals surface area contributed by atoms with Crippen LogP contribution in [0.2, 0.25) is 5.02 Å². The molecule has 4 heteroatoms. The lowest BCUT2D eigenvalue weighted by Gasteiger charge is -2.18. The van der Waals surface area contributed by atoms with E-state index in [1.807, 2.05) is 55.5 Å². The molecule has 0 amide bonds. The first kappa shape index (κ1) is 14.8. The second-order valence-corrected chi connectivity index (χ2v) is 5.53. The number of hydrogen-bond donors (Lipinski definition) is 2. The van der Waals surface area contributed by atoms with E-state index >= 15 is 0 Å². The van der Waals surface area contributed by atoms with Gasteiger partial charge in [0.1, 0.15) is 0 Å². The molecule has 0 saturated carbocycles. The fourth-order valence-electron chi connectivity index (χ4n) is 1.93. The van der Waals surface area contributed by atoms with E-state index in [1.54, 1.807) is 0 Å². The Kier molecular flexibility index (Phi) is 4.99. The maximum atomic E-state index is 6.00. The molecule has 2 rings (SSSR count). The van der Waals surface area contributed by atoms with Crippen LogP contribution in [0, 0.1) is 6.92 Å². The molecule has 0 aliphatic carbocycles. The van der Waals surface area contributed by atoms with Gasteiger partial charge in [0, 0.05) is 10.7 Å². The van der Waals surface area contributed by atoms with Crippen molar-refractivity contribution in [3.05, 3.63) is 64.7 Å². The quantitative estimate of drug-likeness (QED) is 0.804. The fourth-order valence-corrected chi connectivity index (χ4v) is 2.41. The summed E-state index contributed by atoms with van der Waals surface area (Å²) in [7, 11) is 0. The van der Waals surface area contributed by atoms with E-state index in [-0.39, 0.29) is 6.04 Å². The number of benzene rings is 2. The van der Waals surface area contributed by atoms with Crippen LogP contribution in [-0.4, -0.2) is 5.11 Å². The lowest BCUT2D eigenvalue weighted by atomic mass is 10.1. The Bertz CT molecular complexity index is 613. The van der Waals surface area contributed by atoms with Gasteiger partial charge in [-0.2, -0.15) is 0 Å². The van der Waals surface area contributed by atoms with Gasteiger partial charge in [-0.05, 0) is 55.4 Å². The lowest BCUT2D eigenvalue weighted by molar-refractivity contribution is 0.722. The summed E-state index contributed by atoms with van der Waals surface area (Å²) < 4.78 is 0. The molecule has 0 aromatic heterocycles. The third-order valence-corrected chi connectivity index (χ3v) is 3.54. The molecule has 0 fully saturated rings. The molecule has 0 radical (unpaired) electrons. The summed E-state index contributed by atoms with van der Waals surface area (Å²) in [6, 6.07) is 15.9. The van der Waals surface area contributed by atoms with Crippen LogP contribution in [0.15, 0.2) is 48.5 Å². The second-order valence-electron chi connectivity index (χ2n) is 4.69. The Morgan fingerprint density at radius 3 is 2.60 bits per heavy atom. The Morgan fingerprint density at radius 2 is 1.90 bits per heavy atom. The van der Waals surface area contributed by atoms with Gasteiger partial charge in [0.15, 0.2) is 5.11 Å². The molecule has 20 heavy (non-hydrogen) atoms. The van der Waals surface area contributed by atoms with Gasteiger partial charge in [-0.25, -0.2) is 0 Å². The van der Waals surface area contributed by atoms with Gasteiger partial charge in [0.2, 0.25) is 0 Å². The summed E-state index contributed by atoms with van der Waals surface area (Å²) in [5.74, 6) is 0. The molecular formula is C16H17ClN2S. The van der Waals surface area contributed by atoms with Crippen LogP contribution in [0.4, 0.5) is 5.69 Å². The first-order valence-corrected chi connectivity index (χ1v) is 7.23. The fraction of sp³-hybridized carbons (Fsp3) is 0.188. The number of nitrogens with one attached hydrogen (secondary N) is 2. The minimum atomic E-state index is 0.0951. The molecule has 2 N–H and O–H groups in total. The number of aryl methyl sites for hydroxylation is 1. The van der Waals surface area contributed by atoms with E-state index < -0.39 is 0 Å². The van der Waals surface area contributed by atoms with Crippen LogP contribution >= 0.6 is 23.8 Å². The van der Waals surface area contributed by atoms with Crippen molar-refractivity contribution in [3.8, 4) is 0 Å². The largest absolute Gasteiger partial charge is 0.356 e. The van der Waals surface area contributed by atoms with Crippen molar-refractivity contribution in [2.24, 2.45) is 0 Å². The van der Waals surface area contributed by atoms with Gasteiger partial charge in [0.25, 0.3) is 0 Å². The van der Waals surface area contributed by atoms with Gasteiger partial charge in [-0.3, -0.25) is 0 Å². The summed E-state index contributed by atoms with van der Waals surface area (Å²) in [6.45, 7) is 4.10. The van der Waals surface area contributed by atoms with Gasteiger partial charge in [-0.1, -0.05) is 41.9 Å². The molecule has 0 heterocycles. The average Bonchev–Trinajstić information content (AvgIpc) is 2.41. The van der Waals surface area contributed by atoms with Gasteiger partial charge in [-0.15, -0.1) is 0 Å². The number of rotatable bonds is 3. The average molecular weight is 305 g/mol. The van der Waals surface area contributed by atoms with E-state index in [4.69, 9.17) is 23.8 Å². The zero-order valence-electron chi connectivity index (χ0n) is 11.5. The number of anilines is 1. The molecule has 2 aromatic rings. The smallest absolute Gasteiger partial charge is 0.171 e. The first-order valence-electron chi connectivity index (χ1n) is 6.45. The van der Waals surface area contributed by atoms with Crippen molar-refractivity contribution >= 4 is 34.6 Å². The molecule has 0 spiro atoms. The second kappa shape index (κ2) is 6.73. The predicted molar refractivity (Wildman–Crippen MR) is 90.4 cm³/mol. The Labute approximate surface area is 130 Å².